The number of methoxy groups -OCH3 is 1. The zero-order chi connectivity index (χ0) is 18.1. The minimum atomic E-state index is -0.0907. The molecule has 0 spiro atoms. The third kappa shape index (κ3) is 3.26. The summed E-state index contributed by atoms with van der Waals surface area (Å²) in [4.78, 5) is 17.0. The Labute approximate surface area is 152 Å². The van der Waals surface area contributed by atoms with Gasteiger partial charge in [0.05, 0.1) is 19.1 Å². The first kappa shape index (κ1) is 17.2. The fourth-order valence-corrected chi connectivity index (χ4v) is 3.89. The van der Waals surface area contributed by atoms with Crippen molar-refractivity contribution in [2.75, 3.05) is 26.7 Å². The summed E-state index contributed by atoms with van der Waals surface area (Å²) in [6, 6.07) is 3.80. The number of hydrogen-bond donors (Lipinski definition) is 0. The van der Waals surface area contributed by atoms with Gasteiger partial charge in [-0.05, 0) is 45.0 Å². The molecule has 4 heterocycles. The molecule has 8 heteroatoms. The van der Waals surface area contributed by atoms with Crippen molar-refractivity contribution in [3.8, 4) is 0 Å². The SMILES string of the molecule is COCc1nnc2n1[C@@H](C)CN(C(=O)c1ccc(CN3CCCC3)o1)C2. The lowest BCUT2D eigenvalue weighted by molar-refractivity contribution is 0.0639. The maximum Gasteiger partial charge on any atom is 0.290 e. The van der Waals surface area contributed by atoms with Crippen LogP contribution < -0.4 is 0 Å². The first-order valence-electron chi connectivity index (χ1n) is 9.17. The van der Waals surface area contributed by atoms with E-state index in [1.807, 2.05) is 6.07 Å². The third-order valence-electron chi connectivity index (χ3n) is 5.11. The van der Waals surface area contributed by atoms with E-state index in [9.17, 15) is 4.79 Å². The summed E-state index contributed by atoms with van der Waals surface area (Å²) in [5.74, 6) is 2.75. The Bertz CT molecular complexity index is 778. The fourth-order valence-electron chi connectivity index (χ4n) is 3.89. The number of carbonyl (C=O) groups is 1. The van der Waals surface area contributed by atoms with Gasteiger partial charge in [-0.3, -0.25) is 9.69 Å². The largest absolute Gasteiger partial charge is 0.455 e. The third-order valence-corrected chi connectivity index (χ3v) is 5.11. The van der Waals surface area contributed by atoms with Crippen molar-refractivity contribution < 1.29 is 13.9 Å². The Kier molecular flexibility index (Phi) is 4.78. The average molecular weight is 359 g/mol. The number of hydrogen-bond acceptors (Lipinski definition) is 6. The van der Waals surface area contributed by atoms with Crippen LogP contribution in [0.3, 0.4) is 0 Å². The van der Waals surface area contributed by atoms with Crippen LogP contribution in [0, 0.1) is 0 Å². The van der Waals surface area contributed by atoms with Crippen LogP contribution in [0.25, 0.3) is 0 Å². The molecule has 0 unspecified atom stereocenters. The second kappa shape index (κ2) is 7.20. The lowest BCUT2D eigenvalue weighted by Crippen LogP contribution is -2.40. The van der Waals surface area contributed by atoms with Crippen molar-refractivity contribution in [3.05, 3.63) is 35.3 Å². The summed E-state index contributed by atoms with van der Waals surface area (Å²) in [5.41, 5.74) is 0. The molecular weight excluding hydrogens is 334 g/mol. The number of ether oxygens (including phenoxy) is 1. The standard InChI is InChI=1S/C18H25N5O3/c1-13-9-22(11-16-19-20-17(12-25-2)23(13)16)18(24)15-6-5-14(26-15)10-21-7-3-4-8-21/h5-6,13H,3-4,7-12H2,1-2H3/t13-/m0/s1. The van der Waals surface area contributed by atoms with Gasteiger partial charge in [-0.15, -0.1) is 10.2 Å². The highest BCUT2D eigenvalue weighted by atomic mass is 16.5. The Hall–Kier alpha value is -2.19. The van der Waals surface area contributed by atoms with Gasteiger partial charge < -0.3 is 18.6 Å². The molecule has 0 aliphatic carbocycles. The minimum Gasteiger partial charge on any atom is -0.455 e. The van der Waals surface area contributed by atoms with Crippen LogP contribution in [-0.4, -0.2) is 57.2 Å². The van der Waals surface area contributed by atoms with Crippen LogP contribution >= 0.6 is 0 Å². The molecule has 1 amide bonds. The molecule has 0 aromatic carbocycles. The highest BCUT2D eigenvalue weighted by Gasteiger charge is 2.31. The summed E-state index contributed by atoms with van der Waals surface area (Å²) in [7, 11) is 1.64. The monoisotopic (exact) mass is 359 g/mol. The molecule has 2 aromatic rings. The smallest absolute Gasteiger partial charge is 0.290 e. The van der Waals surface area contributed by atoms with Crippen LogP contribution in [0.1, 0.15) is 53.8 Å². The van der Waals surface area contributed by atoms with Gasteiger partial charge in [0.15, 0.2) is 17.4 Å². The van der Waals surface area contributed by atoms with Crippen molar-refractivity contribution in [1.29, 1.82) is 0 Å². The Morgan fingerprint density at radius 1 is 1.31 bits per heavy atom. The van der Waals surface area contributed by atoms with E-state index in [1.165, 1.54) is 12.8 Å². The summed E-state index contributed by atoms with van der Waals surface area (Å²) < 4.78 is 13.1. The highest BCUT2D eigenvalue weighted by molar-refractivity contribution is 5.91. The number of furan rings is 1. The zero-order valence-electron chi connectivity index (χ0n) is 15.3. The quantitative estimate of drug-likeness (QED) is 0.811. The molecule has 2 aliphatic heterocycles. The van der Waals surface area contributed by atoms with Crippen LogP contribution in [0.4, 0.5) is 0 Å². The summed E-state index contributed by atoms with van der Waals surface area (Å²) in [5, 5.41) is 8.41. The van der Waals surface area contributed by atoms with Crippen LogP contribution in [-0.2, 0) is 24.4 Å². The van der Waals surface area contributed by atoms with Gasteiger partial charge in [-0.25, -0.2) is 0 Å². The van der Waals surface area contributed by atoms with Crippen LogP contribution in [0.2, 0.25) is 0 Å². The lowest BCUT2D eigenvalue weighted by Gasteiger charge is -2.32. The van der Waals surface area contributed by atoms with Crippen molar-refractivity contribution >= 4 is 5.91 Å². The highest BCUT2D eigenvalue weighted by Crippen LogP contribution is 2.24. The molecule has 8 nitrogen and oxygen atoms in total. The number of fused-ring (bicyclic) bond motifs is 1. The molecule has 1 atom stereocenters. The minimum absolute atomic E-state index is 0.0907. The molecule has 26 heavy (non-hydrogen) atoms. The molecule has 1 fully saturated rings. The molecule has 2 aliphatic rings. The zero-order valence-corrected chi connectivity index (χ0v) is 15.3. The van der Waals surface area contributed by atoms with Crippen LogP contribution in [0.5, 0.6) is 0 Å². The van der Waals surface area contributed by atoms with Crippen molar-refractivity contribution in [3.63, 3.8) is 0 Å². The van der Waals surface area contributed by atoms with E-state index in [-0.39, 0.29) is 11.9 Å². The molecule has 1 saturated heterocycles. The van der Waals surface area contributed by atoms with Gasteiger partial charge >= 0.3 is 0 Å². The van der Waals surface area contributed by atoms with E-state index in [0.717, 1.165) is 37.0 Å². The molecule has 140 valence electrons. The number of amides is 1. The van der Waals surface area contributed by atoms with E-state index in [1.54, 1.807) is 18.1 Å². The predicted octanol–water partition coefficient (Wildman–Crippen LogP) is 1.83. The second-order valence-corrected chi connectivity index (χ2v) is 7.12. The lowest BCUT2D eigenvalue weighted by atomic mass is 10.2. The normalized spacial score (nSPS) is 20.5. The van der Waals surface area contributed by atoms with Crippen molar-refractivity contribution in [2.45, 2.75) is 45.5 Å². The van der Waals surface area contributed by atoms with E-state index < -0.39 is 0 Å². The second-order valence-electron chi connectivity index (χ2n) is 7.12. The predicted molar refractivity (Wildman–Crippen MR) is 93.4 cm³/mol. The topological polar surface area (TPSA) is 76.6 Å². The summed E-state index contributed by atoms with van der Waals surface area (Å²) in [6.45, 7) is 6.50. The Morgan fingerprint density at radius 2 is 2.12 bits per heavy atom. The van der Waals surface area contributed by atoms with Gasteiger partial charge in [0, 0.05) is 13.7 Å². The van der Waals surface area contributed by atoms with E-state index in [0.29, 0.717) is 25.5 Å². The molecule has 0 N–H and O–H groups in total. The van der Waals surface area contributed by atoms with Crippen molar-refractivity contribution in [1.82, 2.24) is 24.6 Å². The molecular formula is C18H25N5O3. The van der Waals surface area contributed by atoms with E-state index >= 15 is 0 Å². The van der Waals surface area contributed by atoms with Crippen LogP contribution in [0.15, 0.2) is 16.5 Å². The first-order chi connectivity index (χ1) is 12.7. The maximum absolute atomic E-state index is 12.9. The number of carbonyl (C=O) groups excluding carboxylic acids is 1. The molecule has 4 rings (SSSR count). The maximum atomic E-state index is 12.9. The van der Waals surface area contributed by atoms with Crippen molar-refractivity contribution in [2.24, 2.45) is 0 Å². The number of aromatic nitrogens is 3. The summed E-state index contributed by atoms with van der Waals surface area (Å²) >= 11 is 0. The Morgan fingerprint density at radius 3 is 2.88 bits per heavy atom. The molecule has 0 radical (unpaired) electrons. The van der Waals surface area contributed by atoms with E-state index in [4.69, 9.17) is 9.15 Å². The van der Waals surface area contributed by atoms with Gasteiger partial charge in [0.1, 0.15) is 12.4 Å². The molecule has 0 bridgehead atoms. The molecule has 2 aromatic heterocycles. The van der Waals surface area contributed by atoms with Gasteiger partial charge in [0.2, 0.25) is 0 Å². The fraction of sp³-hybridized carbons (Fsp3) is 0.611. The first-order valence-corrected chi connectivity index (χ1v) is 9.17. The van der Waals surface area contributed by atoms with Gasteiger partial charge in [-0.1, -0.05) is 0 Å². The molecule has 0 saturated carbocycles. The van der Waals surface area contributed by atoms with Gasteiger partial charge in [0.25, 0.3) is 5.91 Å². The van der Waals surface area contributed by atoms with Gasteiger partial charge in [-0.2, -0.15) is 0 Å². The number of rotatable bonds is 5. The average Bonchev–Trinajstić information content (AvgIpc) is 3.36. The number of nitrogens with zero attached hydrogens (tertiary/aromatic N) is 5. The van der Waals surface area contributed by atoms with E-state index in [2.05, 4.69) is 26.6 Å². The Balaban J connectivity index is 1.46. The number of likely N-dealkylation sites (tertiary alicyclic amines) is 1. The summed E-state index contributed by atoms with van der Waals surface area (Å²) in [6.07, 6.45) is 2.48.